The molecule has 148 valence electrons. The quantitative estimate of drug-likeness (QED) is 0.490. The van der Waals surface area contributed by atoms with Gasteiger partial charge in [0.25, 0.3) is 0 Å². The van der Waals surface area contributed by atoms with E-state index in [1.807, 2.05) is 0 Å². The van der Waals surface area contributed by atoms with Gasteiger partial charge in [-0.1, -0.05) is 12.1 Å². The third-order valence-electron chi connectivity index (χ3n) is 4.20. The molecule has 0 fully saturated rings. The van der Waals surface area contributed by atoms with E-state index >= 15 is 0 Å². The van der Waals surface area contributed by atoms with Gasteiger partial charge in [-0.3, -0.25) is 0 Å². The molecule has 29 heavy (non-hydrogen) atoms. The molecule has 1 heterocycles. The molecule has 0 atom stereocenters. The molecule has 0 radical (unpaired) electrons. The first kappa shape index (κ1) is 20.1. The van der Waals surface area contributed by atoms with Crippen molar-refractivity contribution in [3.63, 3.8) is 0 Å². The van der Waals surface area contributed by atoms with Crippen molar-refractivity contribution in [2.75, 3.05) is 14.2 Å². The third-order valence-corrected chi connectivity index (χ3v) is 4.20. The summed E-state index contributed by atoms with van der Waals surface area (Å²) in [7, 11) is 3.00. The maximum Gasteiger partial charge on any atom is 0.416 e. The highest BCUT2D eigenvalue weighted by atomic mass is 19.4. The van der Waals surface area contributed by atoms with E-state index < -0.39 is 11.7 Å². The van der Waals surface area contributed by atoms with Crippen LogP contribution in [0.2, 0.25) is 0 Å². The zero-order chi connectivity index (χ0) is 21.0. The minimum absolute atomic E-state index is 0.270. The molecule has 0 unspecified atom stereocenters. The number of nitrogens with zero attached hydrogens (tertiary/aromatic N) is 1. The number of rotatable bonds is 5. The Morgan fingerprint density at radius 2 is 1.76 bits per heavy atom. The highest BCUT2D eigenvalue weighted by Crippen LogP contribution is 2.34. The zero-order valence-corrected chi connectivity index (χ0v) is 15.6. The number of hydrogen-bond acceptors (Lipinski definition) is 4. The fraction of sp³-hybridized carbons (Fsp3) is 0.136. The van der Waals surface area contributed by atoms with E-state index in [1.165, 1.54) is 32.4 Å². The Labute approximate surface area is 165 Å². The molecule has 3 rings (SSSR count). The van der Waals surface area contributed by atoms with Crippen LogP contribution in [0, 0.1) is 11.3 Å². The van der Waals surface area contributed by atoms with Gasteiger partial charge in [0, 0.05) is 5.56 Å². The van der Waals surface area contributed by atoms with Crippen LogP contribution < -0.4 is 9.47 Å². The highest BCUT2D eigenvalue weighted by molar-refractivity contribution is 5.89. The number of benzene rings is 2. The monoisotopic (exact) mass is 399 g/mol. The van der Waals surface area contributed by atoms with Gasteiger partial charge in [-0.2, -0.15) is 18.4 Å². The van der Waals surface area contributed by atoms with E-state index in [0.717, 1.165) is 12.1 Å². The molecule has 0 amide bonds. The summed E-state index contributed by atoms with van der Waals surface area (Å²) in [5.74, 6) is 1.60. The number of nitriles is 1. The van der Waals surface area contributed by atoms with Gasteiger partial charge in [-0.05, 0) is 54.1 Å². The molecule has 0 aliphatic carbocycles. The summed E-state index contributed by atoms with van der Waals surface area (Å²) in [6.45, 7) is 0. The Bertz CT molecular complexity index is 1090. The molecule has 0 N–H and O–H groups in total. The second kappa shape index (κ2) is 8.15. The van der Waals surface area contributed by atoms with Crippen molar-refractivity contribution in [2.24, 2.45) is 0 Å². The molecular weight excluding hydrogens is 383 g/mol. The number of hydrogen-bond donors (Lipinski definition) is 0. The predicted molar refractivity (Wildman–Crippen MR) is 102 cm³/mol. The van der Waals surface area contributed by atoms with Crippen LogP contribution in [-0.4, -0.2) is 14.2 Å². The van der Waals surface area contributed by atoms with Crippen molar-refractivity contribution < 1.29 is 27.1 Å². The summed E-state index contributed by atoms with van der Waals surface area (Å²) >= 11 is 0. The van der Waals surface area contributed by atoms with E-state index in [0.29, 0.717) is 34.0 Å². The minimum atomic E-state index is -4.44. The van der Waals surface area contributed by atoms with E-state index in [2.05, 4.69) is 6.07 Å². The molecule has 2 aromatic carbocycles. The van der Waals surface area contributed by atoms with Gasteiger partial charge in [-0.25, -0.2) is 0 Å². The molecule has 0 aliphatic heterocycles. The second-order valence-electron chi connectivity index (χ2n) is 6.02. The smallest absolute Gasteiger partial charge is 0.416 e. The normalized spacial score (nSPS) is 11.8. The van der Waals surface area contributed by atoms with Gasteiger partial charge in [0.15, 0.2) is 11.5 Å². The van der Waals surface area contributed by atoms with E-state index in [4.69, 9.17) is 13.9 Å². The van der Waals surface area contributed by atoms with Crippen LogP contribution in [0.3, 0.4) is 0 Å². The molecule has 0 bridgehead atoms. The van der Waals surface area contributed by atoms with Crippen LogP contribution in [0.5, 0.6) is 11.5 Å². The van der Waals surface area contributed by atoms with Crippen molar-refractivity contribution in [1.82, 2.24) is 0 Å². The SMILES string of the molecule is COc1ccc(/C(C#N)=C/c2ccc(-c3cccc(C(F)(F)F)c3)o2)cc1OC. The summed E-state index contributed by atoms with van der Waals surface area (Å²) in [6.07, 6.45) is -2.93. The number of furan rings is 1. The lowest BCUT2D eigenvalue weighted by Crippen LogP contribution is -2.04. The molecule has 0 saturated heterocycles. The van der Waals surface area contributed by atoms with Crippen LogP contribution in [0.1, 0.15) is 16.9 Å². The Kier molecular flexibility index (Phi) is 5.64. The standard InChI is InChI=1S/C22H16F3NO3/c1-27-20-8-6-14(12-21(20)28-2)16(13-26)11-18-7-9-19(29-18)15-4-3-5-17(10-15)22(23,24)25/h3-12H,1-2H3/b16-11+. The van der Waals surface area contributed by atoms with E-state index in [9.17, 15) is 18.4 Å². The van der Waals surface area contributed by atoms with Crippen molar-refractivity contribution >= 4 is 11.6 Å². The topological polar surface area (TPSA) is 55.4 Å². The lowest BCUT2D eigenvalue weighted by Gasteiger charge is -2.09. The van der Waals surface area contributed by atoms with Gasteiger partial charge >= 0.3 is 6.18 Å². The molecule has 0 aliphatic rings. The summed E-state index contributed by atoms with van der Waals surface area (Å²) in [4.78, 5) is 0. The van der Waals surface area contributed by atoms with E-state index in [1.54, 1.807) is 30.3 Å². The summed E-state index contributed by atoms with van der Waals surface area (Å²) < 4.78 is 54.8. The van der Waals surface area contributed by atoms with Gasteiger partial charge < -0.3 is 13.9 Å². The minimum Gasteiger partial charge on any atom is -0.493 e. The van der Waals surface area contributed by atoms with Crippen LogP contribution in [0.4, 0.5) is 13.2 Å². The van der Waals surface area contributed by atoms with Crippen LogP contribution in [0.15, 0.2) is 59.0 Å². The Balaban J connectivity index is 1.94. The first-order chi connectivity index (χ1) is 13.9. The maximum atomic E-state index is 12.9. The molecule has 3 aromatic rings. The van der Waals surface area contributed by atoms with Gasteiger partial charge in [0.1, 0.15) is 11.5 Å². The Hall–Kier alpha value is -3.66. The first-order valence-electron chi connectivity index (χ1n) is 8.47. The largest absolute Gasteiger partial charge is 0.493 e. The summed E-state index contributed by atoms with van der Waals surface area (Å²) in [5, 5.41) is 9.52. The maximum absolute atomic E-state index is 12.9. The van der Waals surface area contributed by atoms with Crippen LogP contribution in [0.25, 0.3) is 23.0 Å². The fourth-order valence-corrected chi connectivity index (χ4v) is 2.76. The van der Waals surface area contributed by atoms with Crippen LogP contribution in [-0.2, 0) is 6.18 Å². The average Bonchev–Trinajstić information content (AvgIpc) is 3.19. The molecular formula is C22H16F3NO3. The number of halogens is 3. The predicted octanol–water partition coefficient (Wildman–Crippen LogP) is 6.05. The second-order valence-corrected chi connectivity index (χ2v) is 6.02. The molecule has 7 heteroatoms. The lowest BCUT2D eigenvalue weighted by atomic mass is 10.1. The number of ether oxygens (including phenoxy) is 2. The first-order valence-corrected chi connectivity index (χ1v) is 8.47. The molecule has 4 nitrogen and oxygen atoms in total. The van der Waals surface area contributed by atoms with Crippen molar-refractivity contribution in [2.45, 2.75) is 6.18 Å². The van der Waals surface area contributed by atoms with E-state index in [-0.39, 0.29) is 5.76 Å². The highest BCUT2D eigenvalue weighted by Gasteiger charge is 2.30. The van der Waals surface area contributed by atoms with Gasteiger partial charge in [-0.15, -0.1) is 0 Å². The third kappa shape index (κ3) is 4.43. The number of alkyl halides is 3. The van der Waals surface area contributed by atoms with Crippen molar-refractivity contribution in [1.29, 1.82) is 5.26 Å². The van der Waals surface area contributed by atoms with Crippen molar-refractivity contribution in [3.8, 4) is 28.9 Å². The number of methoxy groups -OCH3 is 2. The van der Waals surface area contributed by atoms with Crippen molar-refractivity contribution in [3.05, 3.63) is 71.5 Å². The molecule has 1 aromatic heterocycles. The zero-order valence-electron chi connectivity index (χ0n) is 15.6. The molecule has 0 saturated carbocycles. The van der Waals surface area contributed by atoms with Gasteiger partial charge in [0.2, 0.25) is 0 Å². The average molecular weight is 399 g/mol. The lowest BCUT2D eigenvalue weighted by molar-refractivity contribution is -0.137. The molecule has 0 spiro atoms. The van der Waals surface area contributed by atoms with Gasteiger partial charge in [0.05, 0.1) is 31.4 Å². The van der Waals surface area contributed by atoms with Crippen LogP contribution >= 0.6 is 0 Å². The number of allylic oxidation sites excluding steroid dienone is 1. The Morgan fingerprint density at radius 1 is 1.00 bits per heavy atom. The summed E-state index contributed by atoms with van der Waals surface area (Å²) in [5.41, 5.74) is 0.425. The Morgan fingerprint density at radius 3 is 2.41 bits per heavy atom. The fourth-order valence-electron chi connectivity index (χ4n) is 2.76. The summed E-state index contributed by atoms with van der Waals surface area (Å²) in [6, 6.07) is 15.1.